The number of hydrogen-bond acceptors (Lipinski definition) is 5. The zero-order chi connectivity index (χ0) is 24.1. The van der Waals surface area contributed by atoms with Gasteiger partial charge in [-0.15, -0.1) is 0 Å². The first-order valence-electron chi connectivity index (χ1n) is 11.2. The fourth-order valence-corrected chi connectivity index (χ4v) is 4.16. The summed E-state index contributed by atoms with van der Waals surface area (Å²) >= 11 is 0. The summed E-state index contributed by atoms with van der Waals surface area (Å²) in [5.74, 6) is 0.738. The Kier molecular flexibility index (Phi) is 7.12. The van der Waals surface area contributed by atoms with Crippen LogP contribution in [0.4, 0.5) is 4.79 Å². The van der Waals surface area contributed by atoms with Crippen molar-refractivity contribution in [3.63, 3.8) is 0 Å². The van der Waals surface area contributed by atoms with Crippen molar-refractivity contribution in [1.29, 1.82) is 0 Å². The number of rotatable bonds is 9. The number of hydrogen-bond donors (Lipinski definition) is 2. The van der Waals surface area contributed by atoms with Crippen LogP contribution in [0.5, 0.6) is 11.5 Å². The largest absolute Gasteiger partial charge is 0.457 e. The van der Waals surface area contributed by atoms with E-state index in [1.165, 1.54) is 4.90 Å². The first-order valence-corrected chi connectivity index (χ1v) is 11.2. The Morgan fingerprint density at radius 3 is 2.62 bits per heavy atom. The van der Waals surface area contributed by atoms with Gasteiger partial charge in [0.2, 0.25) is 5.91 Å². The second-order valence-corrected chi connectivity index (χ2v) is 7.98. The smallest absolute Gasteiger partial charge is 0.322 e. The molecular weight excluding hydrogens is 436 g/mol. The molecular formula is C25H28N4O5. The van der Waals surface area contributed by atoms with Crippen LogP contribution < -0.4 is 15.4 Å². The zero-order valence-corrected chi connectivity index (χ0v) is 19.2. The minimum Gasteiger partial charge on any atom is -0.457 e. The Morgan fingerprint density at radius 2 is 1.88 bits per heavy atom. The number of urea groups is 1. The summed E-state index contributed by atoms with van der Waals surface area (Å²) in [5.41, 5.74) is 1.83. The predicted molar refractivity (Wildman–Crippen MR) is 125 cm³/mol. The van der Waals surface area contributed by atoms with Gasteiger partial charge in [0.25, 0.3) is 5.91 Å². The summed E-state index contributed by atoms with van der Waals surface area (Å²) in [5, 5.41) is 5.68. The second-order valence-electron chi connectivity index (χ2n) is 7.98. The number of carbonyl (C=O) groups excluding carboxylic acids is 3. The molecule has 9 heteroatoms. The third kappa shape index (κ3) is 4.89. The highest BCUT2D eigenvalue weighted by atomic mass is 16.5. The van der Waals surface area contributed by atoms with Gasteiger partial charge >= 0.3 is 6.03 Å². The number of benzene rings is 2. The molecule has 2 aliphatic rings. The van der Waals surface area contributed by atoms with Crippen molar-refractivity contribution in [2.75, 3.05) is 39.9 Å². The molecule has 4 amide bonds. The van der Waals surface area contributed by atoms with Crippen molar-refractivity contribution < 1.29 is 23.9 Å². The van der Waals surface area contributed by atoms with Crippen molar-refractivity contribution in [2.45, 2.75) is 13.0 Å². The van der Waals surface area contributed by atoms with Crippen LogP contribution in [-0.2, 0) is 14.3 Å². The lowest BCUT2D eigenvalue weighted by Gasteiger charge is -2.33. The molecule has 0 saturated carbocycles. The van der Waals surface area contributed by atoms with Crippen LogP contribution in [-0.4, -0.2) is 67.5 Å². The van der Waals surface area contributed by atoms with E-state index in [1.807, 2.05) is 61.5 Å². The minimum absolute atomic E-state index is 0.0921. The molecule has 4 rings (SSSR count). The highest BCUT2D eigenvalue weighted by molar-refractivity contribution is 6.03. The molecule has 9 nitrogen and oxygen atoms in total. The quantitative estimate of drug-likeness (QED) is 0.555. The van der Waals surface area contributed by atoms with Gasteiger partial charge in [-0.2, -0.15) is 0 Å². The molecule has 2 heterocycles. The minimum atomic E-state index is -0.640. The molecule has 0 unspecified atom stereocenters. The van der Waals surface area contributed by atoms with E-state index in [2.05, 4.69) is 10.6 Å². The lowest BCUT2D eigenvalue weighted by Crippen LogP contribution is -2.47. The van der Waals surface area contributed by atoms with E-state index < -0.39 is 6.04 Å². The van der Waals surface area contributed by atoms with Crippen LogP contribution in [0.3, 0.4) is 0 Å². The van der Waals surface area contributed by atoms with Gasteiger partial charge in [-0.3, -0.25) is 14.5 Å². The van der Waals surface area contributed by atoms with E-state index in [9.17, 15) is 14.4 Å². The van der Waals surface area contributed by atoms with Crippen molar-refractivity contribution in [3.05, 3.63) is 71.4 Å². The standard InChI is InChI=1S/C25H28N4O5/c1-3-29-20-15-28(16-21(30)26-12-13-33-2)24(31)22(20)23(27-25(29)32)17-8-7-11-19(14-17)34-18-9-5-4-6-10-18/h4-11,14,23H,3,12-13,15-16H2,1-2H3,(H,26,30)(H,27,32)/t23-/m1/s1. The van der Waals surface area contributed by atoms with E-state index >= 15 is 0 Å². The lowest BCUT2D eigenvalue weighted by molar-refractivity contribution is -0.132. The number of ether oxygens (including phenoxy) is 2. The van der Waals surface area contributed by atoms with Gasteiger partial charge in [0.05, 0.1) is 30.5 Å². The SMILES string of the molecule is CCN1C(=O)N[C@H](c2cccc(Oc3ccccc3)c2)C2=C1CN(CC(=O)NCCOC)C2=O. The first kappa shape index (κ1) is 23.3. The topological polar surface area (TPSA) is 100 Å². The average Bonchev–Trinajstić information content (AvgIpc) is 3.15. The summed E-state index contributed by atoms with van der Waals surface area (Å²) in [7, 11) is 1.55. The fraction of sp³-hybridized carbons (Fsp3) is 0.320. The molecule has 0 aromatic heterocycles. The number of likely N-dealkylation sites (N-methyl/N-ethyl adjacent to an activating group) is 1. The Balaban J connectivity index is 1.58. The maximum Gasteiger partial charge on any atom is 0.322 e. The van der Waals surface area contributed by atoms with E-state index in [4.69, 9.17) is 9.47 Å². The van der Waals surface area contributed by atoms with Crippen LogP contribution in [0, 0.1) is 0 Å². The summed E-state index contributed by atoms with van der Waals surface area (Å²) in [6.07, 6.45) is 0. The highest BCUT2D eigenvalue weighted by Crippen LogP contribution is 2.37. The number of nitrogens with zero attached hydrogens (tertiary/aromatic N) is 2. The van der Waals surface area contributed by atoms with Gasteiger partial charge in [-0.05, 0) is 36.8 Å². The second kappa shape index (κ2) is 10.4. The van der Waals surface area contributed by atoms with Gasteiger partial charge < -0.3 is 25.0 Å². The van der Waals surface area contributed by atoms with E-state index in [0.717, 1.165) is 5.56 Å². The normalized spacial score (nSPS) is 17.5. The molecule has 0 radical (unpaired) electrons. The summed E-state index contributed by atoms with van der Waals surface area (Å²) in [4.78, 5) is 41.6. The van der Waals surface area contributed by atoms with Crippen molar-refractivity contribution in [3.8, 4) is 11.5 Å². The summed E-state index contributed by atoms with van der Waals surface area (Å²) in [6.45, 7) is 3.12. The molecule has 0 fully saturated rings. The predicted octanol–water partition coefficient (Wildman–Crippen LogP) is 2.42. The number of nitrogens with one attached hydrogen (secondary N) is 2. The Hall–Kier alpha value is -3.85. The van der Waals surface area contributed by atoms with E-state index in [0.29, 0.717) is 42.5 Å². The molecule has 2 aliphatic heterocycles. The summed E-state index contributed by atoms with van der Waals surface area (Å²) < 4.78 is 10.9. The molecule has 34 heavy (non-hydrogen) atoms. The number of methoxy groups -OCH3 is 1. The van der Waals surface area contributed by atoms with Crippen molar-refractivity contribution in [2.24, 2.45) is 0 Å². The van der Waals surface area contributed by atoms with Crippen LogP contribution in [0.2, 0.25) is 0 Å². The van der Waals surface area contributed by atoms with Crippen LogP contribution in [0.25, 0.3) is 0 Å². The Morgan fingerprint density at radius 1 is 1.12 bits per heavy atom. The number of para-hydroxylation sites is 1. The van der Waals surface area contributed by atoms with Crippen LogP contribution in [0.15, 0.2) is 65.9 Å². The molecule has 0 spiro atoms. The maximum atomic E-state index is 13.4. The van der Waals surface area contributed by atoms with Gasteiger partial charge in [0.15, 0.2) is 0 Å². The number of amides is 4. The molecule has 2 N–H and O–H groups in total. The van der Waals surface area contributed by atoms with Crippen molar-refractivity contribution >= 4 is 17.8 Å². The van der Waals surface area contributed by atoms with E-state index in [1.54, 1.807) is 12.0 Å². The molecule has 178 valence electrons. The lowest BCUT2D eigenvalue weighted by atomic mass is 9.95. The third-order valence-corrected chi connectivity index (χ3v) is 5.75. The molecule has 1 atom stereocenters. The van der Waals surface area contributed by atoms with Gasteiger partial charge in [-0.25, -0.2) is 4.79 Å². The fourth-order valence-electron chi connectivity index (χ4n) is 4.16. The Bertz CT molecular complexity index is 1100. The average molecular weight is 465 g/mol. The molecule has 0 bridgehead atoms. The molecule has 2 aromatic carbocycles. The third-order valence-electron chi connectivity index (χ3n) is 5.75. The molecule has 0 saturated heterocycles. The van der Waals surface area contributed by atoms with Gasteiger partial charge in [-0.1, -0.05) is 30.3 Å². The van der Waals surface area contributed by atoms with Crippen LogP contribution in [0.1, 0.15) is 18.5 Å². The van der Waals surface area contributed by atoms with E-state index in [-0.39, 0.29) is 30.9 Å². The van der Waals surface area contributed by atoms with Crippen LogP contribution >= 0.6 is 0 Å². The van der Waals surface area contributed by atoms with Gasteiger partial charge in [0, 0.05) is 20.2 Å². The Labute approximate surface area is 198 Å². The zero-order valence-electron chi connectivity index (χ0n) is 19.2. The van der Waals surface area contributed by atoms with Crippen molar-refractivity contribution in [1.82, 2.24) is 20.4 Å². The molecule has 2 aromatic rings. The summed E-state index contributed by atoms with van der Waals surface area (Å²) in [6, 6.07) is 15.8. The molecule has 0 aliphatic carbocycles. The first-order chi connectivity index (χ1) is 16.5. The van der Waals surface area contributed by atoms with Gasteiger partial charge in [0.1, 0.15) is 18.0 Å². The maximum absolute atomic E-state index is 13.4. The number of carbonyl (C=O) groups is 3. The highest BCUT2D eigenvalue weighted by Gasteiger charge is 2.44. The monoisotopic (exact) mass is 464 g/mol.